The molecule has 0 bridgehead atoms. The summed E-state index contributed by atoms with van der Waals surface area (Å²) in [6, 6.07) is 15.2. The first kappa shape index (κ1) is 12.8. The van der Waals surface area contributed by atoms with E-state index in [2.05, 4.69) is 53.6 Å². The van der Waals surface area contributed by atoms with E-state index in [-0.39, 0.29) is 0 Å². The number of aromatic nitrogens is 1. The first-order chi connectivity index (χ1) is 8.90. The fourth-order valence-electron chi connectivity index (χ4n) is 2.10. The van der Waals surface area contributed by atoms with Crippen LogP contribution in [0.15, 0.2) is 54.9 Å². The van der Waals surface area contributed by atoms with Crippen molar-refractivity contribution in [2.24, 2.45) is 0 Å². The van der Waals surface area contributed by atoms with Crippen LogP contribution < -0.4 is 5.32 Å². The van der Waals surface area contributed by atoms with E-state index in [0.717, 1.165) is 13.0 Å². The molecule has 0 saturated heterocycles. The van der Waals surface area contributed by atoms with E-state index in [0.29, 0.717) is 6.04 Å². The van der Waals surface area contributed by atoms with Crippen molar-refractivity contribution in [1.82, 2.24) is 10.3 Å². The van der Waals surface area contributed by atoms with Gasteiger partial charge in [-0.25, -0.2) is 0 Å². The molecule has 2 aromatic rings. The highest BCUT2D eigenvalue weighted by molar-refractivity contribution is 5.19. The quantitative estimate of drug-likeness (QED) is 0.832. The Balaban J connectivity index is 1.99. The van der Waals surface area contributed by atoms with E-state index in [9.17, 15) is 0 Å². The molecule has 2 rings (SSSR count). The SMILES string of the molecule is CCCC(NCc1cccnc1)c1ccccc1. The molecule has 0 amide bonds. The van der Waals surface area contributed by atoms with Crippen molar-refractivity contribution in [1.29, 1.82) is 0 Å². The highest BCUT2D eigenvalue weighted by Gasteiger charge is 2.09. The summed E-state index contributed by atoms with van der Waals surface area (Å²) < 4.78 is 0. The number of hydrogen-bond acceptors (Lipinski definition) is 2. The summed E-state index contributed by atoms with van der Waals surface area (Å²) in [7, 11) is 0. The van der Waals surface area contributed by atoms with Gasteiger partial charge >= 0.3 is 0 Å². The molecule has 0 spiro atoms. The van der Waals surface area contributed by atoms with Gasteiger partial charge in [0.15, 0.2) is 0 Å². The predicted molar refractivity (Wildman–Crippen MR) is 75.2 cm³/mol. The van der Waals surface area contributed by atoms with Gasteiger partial charge in [-0.1, -0.05) is 49.7 Å². The van der Waals surface area contributed by atoms with Crippen molar-refractivity contribution in [2.75, 3.05) is 0 Å². The van der Waals surface area contributed by atoms with Gasteiger partial charge in [0.1, 0.15) is 0 Å². The summed E-state index contributed by atoms with van der Waals surface area (Å²) in [6.07, 6.45) is 6.06. The van der Waals surface area contributed by atoms with Gasteiger partial charge in [-0.05, 0) is 23.6 Å². The van der Waals surface area contributed by atoms with Crippen molar-refractivity contribution >= 4 is 0 Å². The third kappa shape index (κ3) is 3.67. The van der Waals surface area contributed by atoms with Gasteiger partial charge in [0.2, 0.25) is 0 Å². The van der Waals surface area contributed by atoms with E-state index in [1.807, 2.05) is 18.5 Å². The second kappa shape index (κ2) is 6.92. The van der Waals surface area contributed by atoms with Crippen LogP contribution in [0.1, 0.15) is 36.9 Å². The lowest BCUT2D eigenvalue weighted by Gasteiger charge is -2.18. The molecular formula is C16H20N2. The van der Waals surface area contributed by atoms with Gasteiger partial charge in [-0.15, -0.1) is 0 Å². The number of nitrogens with one attached hydrogen (secondary N) is 1. The Morgan fingerprint density at radius 1 is 1.11 bits per heavy atom. The zero-order chi connectivity index (χ0) is 12.6. The Morgan fingerprint density at radius 3 is 2.61 bits per heavy atom. The van der Waals surface area contributed by atoms with Crippen molar-refractivity contribution < 1.29 is 0 Å². The molecule has 0 aliphatic heterocycles. The Morgan fingerprint density at radius 2 is 1.94 bits per heavy atom. The highest BCUT2D eigenvalue weighted by Crippen LogP contribution is 2.18. The molecule has 2 heteroatoms. The maximum atomic E-state index is 4.14. The van der Waals surface area contributed by atoms with Gasteiger partial charge in [-0.3, -0.25) is 4.98 Å². The third-order valence-corrected chi connectivity index (χ3v) is 3.05. The van der Waals surface area contributed by atoms with E-state index in [1.54, 1.807) is 0 Å². The van der Waals surface area contributed by atoms with Crippen LogP contribution in [-0.4, -0.2) is 4.98 Å². The van der Waals surface area contributed by atoms with Crippen molar-refractivity contribution in [2.45, 2.75) is 32.4 Å². The van der Waals surface area contributed by atoms with Gasteiger partial charge in [0.25, 0.3) is 0 Å². The molecule has 18 heavy (non-hydrogen) atoms. The minimum atomic E-state index is 0.427. The van der Waals surface area contributed by atoms with Crippen LogP contribution in [0.25, 0.3) is 0 Å². The van der Waals surface area contributed by atoms with Gasteiger partial charge in [0, 0.05) is 25.0 Å². The first-order valence-electron chi connectivity index (χ1n) is 6.57. The van der Waals surface area contributed by atoms with Crippen LogP contribution >= 0.6 is 0 Å². The predicted octanol–water partition coefficient (Wildman–Crippen LogP) is 3.71. The maximum absolute atomic E-state index is 4.14. The smallest absolute Gasteiger partial charge is 0.0323 e. The number of benzene rings is 1. The van der Waals surface area contributed by atoms with Crippen LogP contribution in [0.5, 0.6) is 0 Å². The zero-order valence-corrected chi connectivity index (χ0v) is 10.8. The van der Waals surface area contributed by atoms with E-state index in [4.69, 9.17) is 0 Å². The summed E-state index contributed by atoms with van der Waals surface area (Å²) >= 11 is 0. The number of hydrogen-bond donors (Lipinski definition) is 1. The Bertz CT molecular complexity index is 439. The molecule has 1 N–H and O–H groups in total. The molecule has 0 saturated carbocycles. The molecule has 0 fully saturated rings. The van der Waals surface area contributed by atoms with E-state index >= 15 is 0 Å². The van der Waals surface area contributed by atoms with Crippen LogP contribution in [0.3, 0.4) is 0 Å². The summed E-state index contributed by atoms with van der Waals surface area (Å²) in [5.41, 5.74) is 2.60. The standard InChI is InChI=1S/C16H20N2/c1-2-7-16(15-9-4-3-5-10-15)18-13-14-8-6-11-17-12-14/h3-6,8-12,16,18H,2,7,13H2,1H3. The number of pyridine rings is 1. The normalized spacial score (nSPS) is 12.3. The largest absolute Gasteiger partial charge is 0.306 e. The first-order valence-corrected chi connectivity index (χ1v) is 6.57. The molecule has 1 heterocycles. The van der Waals surface area contributed by atoms with Crippen LogP contribution in [0, 0.1) is 0 Å². The Kier molecular flexibility index (Phi) is 4.91. The minimum absolute atomic E-state index is 0.427. The van der Waals surface area contributed by atoms with Crippen molar-refractivity contribution in [3.05, 3.63) is 66.0 Å². The van der Waals surface area contributed by atoms with E-state index in [1.165, 1.54) is 17.5 Å². The monoisotopic (exact) mass is 240 g/mol. The van der Waals surface area contributed by atoms with Crippen LogP contribution in [0.2, 0.25) is 0 Å². The summed E-state index contributed by atoms with van der Waals surface area (Å²) in [6.45, 7) is 3.09. The number of rotatable bonds is 6. The van der Waals surface area contributed by atoms with Gasteiger partial charge < -0.3 is 5.32 Å². The highest BCUT2D eigenvalue weighted by atomic mass is 14.9. The lowest BCUT2D eigenvalue weighted by molar-refractivity contribution is 0.493. The number of nitrogens with zero attached hydrogens (tertiary/aromatic N) is 1. The van der Waals surface area contributed by atoms with Crippen molar-refractivity contribution in [3.63, 3.8) is 0 Å². The second-order valence-corrected chi connectivity index (χ2v) is 4.49. The molecule has 1 aromatic carbocycles. The van der Waals surface area contributed by atoms with Gasteiger partial charge in [0.05, 0.1) is 0 Å². The Hall–Kier alpha value is -1.67. The average molecular weight is 240 g/mol. The second-order valence-electron chi connectivity index (χ2n) is 4.49. The molecule has 94 valence electrons. The lowest BCUT2D eigenvalue weighted by Crippen LogP contribution is -2.20. The molecule has 1 aromatic heterocycles. The molecule has 1 unspecified atom stereocenters. The molecule has 0 radical (unpaired) electrons. The molecule has 0 aliphatic rings. The fraction of sp³-hybridized carbons (Fsp3) is 0.312. The zero-order valence-electron chi connectivity index (χ0n) is 10.8. The third-order valence-electron chi connectivity index (χ3n) is 3.05. The molecule has 2 nitrogen and oxygen atoms in total. The molecule has 0 aliphatic carbocycles. The maximum Gasteiger partial charge on any atom is 0.0323 e. The van der Waals surface area contributed by atoms with E-state index < -0.39 is 0 Å². The topological polar surface area (TPSA) is 24.9 Å². The fourth-order valence-corrected chi connectivity index (χ4v) is 2.10. The lowest BCUT2D eigenvalue weighted by atomic mass is 10.0. The van der Waals surface area contributed by atoms with Crippen LogP contribution in [-0.2, 0) is 6.54 Å². The minimum Gasteiger partial charge on any atom is -0.306 e. The summed E-state index contributed by atoms with van der Waals surface area (Å²) in [5.74, 6) is 0. The Labute approximate surface area is 109 Å². The van der Waals surface area contributed by atoms with Gasteiger partial charge in [-0.2, -0.15) is 0 Å². The van der Waals surface area contributed by atoms with Crippen molar-refractivity contribution in [3.8, 4) is 0 Å². The average Bonchev–Trinajstić information content (AvgIpc) is 2.45. The molecular weight excluding hydrogens is 220 g/mol. The summed E-state index contributed by atoms with van der Waals surface area (Å²) in [5, 5.41) is 3.61. The molecule has 1 atom stereocenters. The van der Waals surface area contributed by atoms with Crippen LogP contribution in [0.4, 0.5) is 0 Å². The summed E-state index contributed by atoms with van der Waals surface area (Å²) in [4.78, 5) is 4.14.